The van der Waals surface area contributed by atoms with E-state index in [2.05, 4.69) is 41.6 Å². The molecule has 1 aliphatic heterocycles. The first-order chi connectivity index (χ1) is 13.1. The Bertz CT molecular complexity index is 1110. The third-order valence-corrected chi connectivity index (χ3v) is 7.93. The van der Waals surface area contributed by atoms with Crippen molar-refractivity contribution in [2.24, 2.45) is 4.40 Å². The van der Waals surface area contributed by atoms with Crippen LogP contribution in [0.5, 0.6) is 5.75 Å². The molecule has 0 amide bonds. The summed E-state index contributed by atoms with van der Waals surface area (Å²) < 4.78 is 31.1. The predicted octanol–water partition coefficient (Wildman–Crippen LogP) is 6.07. The molecule has 1 heterocycles. The van der Waals surface area contributed by atoms with E-state index in [4.69, 9.17) is 0 Å². The Kier molecular flexibility index (Phi) is 5.46. The fourth-order valence-electron chi connectivity index (χ4n) is 3.20. The smallest absolute Gasteiger partial charge is 0.286 e. The normalized spacial score (nSPS) is 16.1. The number of hydrogen-bond donors (Lipinski definition) is 2. The molecule has 29 heavy (non-hydrogen) atoms. The molecule has 0 saturated heterocycles. The Morgan fingerprint density at radius 1 is 0.897 bits per heavy atom. The zero-order chi connectivity index (χ0) is 21.9. The van der Waals surface area contributed by atoms with Crippen LogP contribution in [0.3, 0.4) is 0 Å². The molecule has 3 rings (SSSR count). The van der Waals surface area contributed by atoms with Gasteiger partial charge in [0.25, 0.3) is 10.0 Å². The lowest BCUT2D eigenvalue weighted by molar-refractivity contribution is 0.423. The molecule has 2 N–H and O–H groups in total. The van der Waals surface area contributed by atoms with E-state index in [-0.39, 0.29) is 27.3 Å². The van der Waals surface area contributed by atoms with Gasteiger partial charge in [-0.2, -0.15) is 8.42 Å². The van der Waals surface area contributed by atoms with Gasteiger partial charge in [0.15, 0.2) is 5.84 Å². The van der Waals surface area contributed by atoms with Gasteiger partial charge in [-0.3, -0.25) is 0 Å². The monoisotopic (exact) mass is 542 g/mol. The summed E-state index contributed by atoms with van der Waals surface area (Å²) in [6.07, 6.45) is 0. The van der Waals surface area contributed by atoms with E-state index in [9.17, 15) is 13.5 Å². The van der Waals surface area contributed by atoms with Gasteiger partial charge in [0, 0.05) is 25.6 Å². The van der Waals surface area contributed by atoms with Gasteiger partial charge in [-0.15, -0.1) is 4.40 Å². The number of anilines is 1. The van der Waals surface area contributed by atoms with E-state index in [1.54, 1.807) is 6.07 Å². The Hall–Kier alpha value is -1.38. The molecular formula is C21H24Br2N2O3S. The molecule has 0 saturated carbocycles. The van der Waals surface area contributed by atoms with Crippen molar-refractivity contribution in [3.05, 3.63) is 49.9 Å². The number of phenolic OH excluding ortho intramolecular Hbond substituents is 1. The molecule has 5 nitrogen and oxygen atoms in total. The number of phenols is 1. The van der Waals surface area contributed by atoms with Crippen molar-refractivity contribution < 1.29 is 13.5 Å². The Morgan fingerprint density at radius 3 is 1.86 bits per heavy atom. The number of aromatic hydroxyl groups is 1. The van der Waals surface area contributed by atoms with Crippen LogP contribution in [0.2, 0.25) is 0 Å². The quantitative estimate of drug-likeness (QED) is 0.457. The van der Waals surface area contributed by atoms with Gasteiger partial charge >= 0.3 is 0 Å². The van der Waals surface area contributed by atoms with Gasteiger partial charge in [0.05, 0.1) is 5.69 Å². The molecule has 0 fully saturated rings. The average molecular weight is 544 g/mol. The van der Waals surface area contributed by atoms with Crippen LogP contribution in [0, 0.1) is 0 Å². The van der Waals surface area contributed by atoms with Crippen molar-refractivity contribution in [1.29, 1.82) is 0 Å². The first-order valence-electron chi connectivity index (χ1n) is 9.10. The molecule has 0 aromatic heterocycles. The molecule has 156 valence electrons. The maximum atomic E-state index is 12.8. The van der Waals surface area contributed by atoms with Crippen LogP contribution in [0.15, 0.2) is 42.5 Å². The highest BCUT2D eigenvalue weighted by Crippen LogP contribution is 2.41. The number of amidine groups is 1. The first-order valence-corrected chi connectivity index (χ1v) is 12.1. The van der Waals surface area contributed by atoms with Crippen molar-refractivity contribution in [2.75, 3.05) is 5.32 Å². The molecule has 2 aromatic carbocycles. The number of fused-ring (bicyclic) bond motifs is 1. The number of nitrogens with one attached hydrogen (secondary N) is 1. The zero-order valence-electron chi connectivity index (χ0n) is 17.2. The first kappa shape index (κ1) is 22.3. The van der Waals surface area contributed by atoms with Crippen LogP contribution in [0.25, 0.3) is 0 Å². The second-order valence-corrected chi connectivity index (χ2v) is 12.5. The Labute approximate surface area is 189 Å². The molecule has 8 heteroatoms. The topological polar surface area (TPSA) is 78.8 Å². The van der Waals surface area contributed by atoms with Crippen molar-refractivity contribution >= 4 is 53.4 Å². The zero-order valence-corrected chi connectivity index (χ0v) is 21.2. The number of halogens is 2. The van der Waals surface area contributed by atoms with Crippen LogP contribution in [-0.4, -0.2) is 19.4 Å². The number of nitrogens with zero attached hydrogens (tertiary/aromatic N) is 1. The lowest BCUT2D eigenvalue weighted by atomic mass is 9.78. The van der Waals surface area contributed by atoms with Crippen LogP contribution in [0.4, 0.5) is 5.69 Å². The molecular weight excluding hydrogens is 520 g/mol. The minimum atomic E-state index is -3.87. The van der Waals surface area contributed by atoms with Gasteiger partial charge in [-0.1, -0.05) is 41.5 Å². The maximum absolute atomic E-state index is 12.8. The summed E-state index contributed by atoms with van der Waals surface area (Å²) in [7, 11) is -3.87. The number of rotatable bonds is 1. The fraction of sp³-hybridized carbons (Fsp3) is 0.381. The maximum Gasteiger partial charge on any atom is 0.286 e. The fourth-order valence-corrected chi connectivity index (χ4v) is 5.18. The van der Waals surface area contributed by atoms with Crippen LogP contribution in [-0.2, 0) is 20.9 Å². The van der Waals surface area contributed by atoms with Crippen LogP contribution in [0.1, 0.15) is 58.2 Å². The highest BCUT2D eigenvalue weighted by molar-refractivity contribution is 9.13. The van der Waals surface area contributed by atoms with Crippen molar-refractivity contribution in [3.63, 3.8) is 0 Å². The van der Waals surface area contributed by atoms with Crippen molar-refractivity contribution in [1.82, 2.24) is 0 Å². The van der Waals surface area contributed by atoms with E-state index >= 15 is 0 Å². The molecule has 0 aliphatic carbocycles. The summed E-state index contributed by atoms with van der Waals surface area (Å²) in [5.74, 6) is 0.475. The van der Waals surface area contributed by atoms with Crippen molar-refractivity contribution in [2.45, 2.75) is 57.3 Å². The number of hydrogen-bond acceptors (Lipinski definition) is 4. The molecule has 0 spiro atoms. The summed E-state index contributed by atoms with van der Waals surface area (Å²) >= 11 is 6.76. The molecule has 0 unspecified atom stereocenters. The largest absolute Gasteiger partial charge is 0.507 e. The summed E-state index contributed by atoms with van der Waals surface area (Å²) in [6.45, 7) is 12.1. The van der Waals surface area contributed by atoms with Gasteiger partial charge in [0.2, 0.25) is 0 Å². The van der Waals surface area contributed by atoms with Crippen LogP contribution < -0.4 is 5.32 Å². The lowest BCUT2D eigenvalue weighted by Gasteiger charge is -2.29. The van der Waals surface area contributed by atoms with E-state index in [1.807, 2.05) is 53.7 Å². The molecule has 0 atom stereocenters. The van der Waals surface area contributed by atoms with Crippen LogP contribution >= 0.6 is 31.9 Å². The van der Waals surface area contributed by atoms with E-state index in [0.717, 1.165) is 15.6 Å². The molecule has 0 bridgehead atoms. The number of benzene rings is 2. The summed E-state index contributed by atoms with van der Waals surface area (Å²) in [6, 6.07) is 6.86. The third-order valence-electron chi connectivity index (χ3n) is 4.76. The van der Waals surface area contributed by atoms with E-state index < -0.39 is 10.0 Å². The highest BCUT2D eigenvalue weighted by Gasteiger charge is 2.31. The third kappa shape index (κ3) is 4.25. The minimum Gasteiger partial charge on any atom is -0.507 e. The second-order valence-electron chi connectivity index (χ2n) is 9.22. The summed E-state index contributed by atoms with van der Waals surface area (Å²) in [4.78, 5) is 0.113. The minimum absolute atomic E-state index is 0.113. The second kappa shape index (κ2) is 7.10. The standard InChI is InChI=1S/C21H24Br2N2O3S/c1-20(2,3)12-7-11(8-13(18(12)26)21(4,5)6)19-24-16-9-14(22)15(23)10-17(16)29(27,28)25-19/h7-10,26H,1-6H3,(H,24,25). The summed E-state index contributed by atoms with van der Waals surface area (Å²) in [5, 5.41) is 14.1. The Balaban J connectivity index is 2.26. The number of sulfonamides is 1. The van der Waals surface area contributed by atoms with E-state index in [1.165, 1.54) is 6.07 Å². The molecule has 2 aromatic rings. The SMILES string of the molecule is CC(C)(C)c1cc(C2=NS(=O)(=O)c3cc(Br)c(Br)cc3N2)cc(C(C)(C)C)c1O. The summed E-state index contributed by atoms with van der Waals surface area (Å²) in [5.41, 5.74) is 1.88. The molecule has 0 radical (unpaired) electrons. The predicted molar refractivity (Wildman–Crippen MR) is 125 cm³/mol. The van der Waals surface area contributed by atoms with Gasteiger partial charge in [0.1, 0.15) is 10.6 Å². The Morgan fingerprint density at radius 2 is 1.38 bits per heavy atom. The van der Waals surface area contributed by atoms with Crippen molar-refractivity contribution in [3.8, 4) is 5.75 Å². The lowest BCUT2D eigenvalue weighted by Crippen LogP contribution is -2.25. The van der Waals surface area contributed by atoms with E-state index in [0.29, 0.717) is 15.7 Å². The van der Waals surface area contributed by atoms with Gasteiger partial charge in [-0.05, 0) is 67.0 Å². The van der Waals surface area contributed by atoms with Gasteiger partial charge in [-0.25, -0.2) is 0 Å². The van der Waals surface area contributed by atoms with Gasteiger partial charge < -0.3 is 10.4 Å². The molecule has 1 aliphatic rings. The average Bonchev–Trinajstić information content (AvgIpc) is 2.54. The highest BCUT2D eigenvalue weighted by atomic mass is 79.9.